The van der Waals surface area contributed by atoms with Gasteiger partial charge in [-0.3, -0.25) is 0 Å². The number of sulfonamides is 1. The molecule has 1 saturated heterocycles. The highest BCUT2D eigenvalue weighted by Gasteiger charge is 2.25. The Morgan fingerprint density at radius 1 is 1.36 bits per heavy atom. The number of likely N-dealkylation sites (tertiary alicyclic amines) is 1. The van der Waals surface area contributed by atoms with Crippen LogP contribution >= 0.6 is 0 Å². The minimum atomic E-state index is -3.51. The highest BCUT2D eigenvalue weighted by atomic mass is 32.2. The number of hydrogen-bond donors (Lipinski definition) is 2. The van der Waals surface area contributed by atoms with Crippen molar-refractivity contribution < 1.29 is 8.42 Å². The number of nitrogens with zero attached hydrogens (tertiary/aromatic N) is 2. The molecule has 2 heterocycles. The lowest BCUT2D eigenvalue weighted by Crippen LogP contribution is -2.34. The summed E-state index contributed by atoms with van der Waals surface area (Å²) in [7, 11) is -3.51. The van der Waals surface area contributed by atoms with E-state index in [4.69, 9.17) is 0 Å². The highest BCUT2D eigenvalue weighted by molar-refractivity contribution is 7.89. The minimum absolute atomic E-state index is 0.142. The predicted molar refractivity (Wildman–Crippen MR) is 98.1 cm³/mol. The zero-order valence-electron chi connectivity index (χ0n) is 14.8. The fraction of sp³-hybridized carbons (Fsp3) is 0.500. The first-order chi connectivity index (χ1) is 12.0. The van der Waals surface area contributed by atoms with Gasteiger partial charge in [0.25, 0.3) is 10.0 Å². The van der Waals surface area contributed by atoms with Crippen LogP contribution in [0.1, 0.15) is 36.2 Å². The largest absolute Gasteiger partial charge is 0.332 e. The number of aryl methyl sites for hydroxylation is 2. The molecule has 2 aromatic rings. The van der Waals surface area contributed by atoms with Crippen molar-refractivity contribution >= 4 is 10.0 Å². The van der Waals surface area contributed by atoms with E-state index in [0.29, 0.717) is 24.7 Å². The van der Waals surface area contributed by atoms with E-state index >= 15 is 0 Å². The van der Waals surface area contributed by atoms with Crippen molar-refractivity contribution in [3.05, 3.63) is 47.4 Å². The summed E-state index contributed by atoms with van der Waals surface area (Å²) in [5, 5.41) is 0.142. The van der Waals surface area contributed by atoms with Crippen LogP contribution in [0.3, 0.4) is 0 Å². The average Bonchev–Trinajstić information content (AvgIpc) is 3.24. The van der Waals surface area contributed by atoms with E-state index in [0.717, 1.165) is 26.1 Å². The quantitative estimate of drug-likeness (QED) is 0.790. The Morgan fingerprint density at radius 2 is 2.16 bits per heavy atom. The second-order valence-electron chi connectivity index (χ2n) is 6.59. The Labute approximate surface area is 149 Å². The van der Waals surface area contributed by atoms with Crippen molar-refractivity contribution in [1.82, 2.24) is 19.6 Å². The highest BCUT2D eigenvalue weighted by Crippen LogP contribution is 2.28. The van der Waals surface area contributed by atoms with Gasteiger partial charge >= 0.3 is 0 Å². The third kappa shape index (κ3) is 4.29. The molecular weight excluding hydrogens is 336 g/mol. The number of benzene rings is 1. The molecule has 0 spiro atoms. The summed E-state index contributed by atoms with van der Waals surface area (Å²) in [6, 6.07) is 8.52. The van der Waals surface area contributed by atoms with Gasteiger partial charge < -0.3 is 9.88 Å². The Balaban J connectivity index is 1.51. The molecule has 2 N–H and O–H groups in total. The van der Waals surface area contributed by atoms with Gasteiger partial charge in [-0.1, -0.05) is 31.2 Å². The normalized spacial score (nSPS) is 18.7. The SMILES string of the molecule is CCc1ncc(S(=O)(=O)NCCN2CCC(c3ccccc3C)C2)[nH]1. The number of aromatic amines is 1. The first-order valence-corrected chi connectivity index (χ1v) is 10.3. The van der Waals surface area contributed by atoms with Crippen LogP contribution in [0.2, 0.25) is 0 Å². The summed E-state index contributed by atoms with van der Waals surface area (Å²) >= 11 is 0. The van der Waals surface area contributed by atoms with Crippen LogP contribution in [-0.4, -0.2) is 49.5 Å². The summed E-state index contributed by atoms with van der Waals surface area (Å²) in [5.74, 6) is 1.22. The molecule has 1 aromatic heterocycles. The van der Waals surface area contributed by atoms with Crippen molar-refractivity contribution in [3.63, 3.8) is 0 Å². The summed E-state index contributed by atoms with van der Waals surface area (Å²) in [5.41, 5.74) is 2.75. The number of H-pyrrole nitrogens is 1. The lowest BCUT2D eigenvalue weighted by atomic mass is 9.94. The maximum atomic E-state index is 12.3. The molecule has 7 heteroatoms. The standard InChI is InChI=1S/C18H26N4O2S/c1-3-17-19-12-18(21-17)25(23,24)20-9-11-22-10-8-15(13-22)16-7-5-4-6-14(16)2/h4-7,12,15,20H,3,8-11,13H2,1-2H3,(H,19,21). The van der Waals surface area contributed by atoms with E-state index in [9.17, 15) is 8.42 Å². The molecule has 0 bridgehead atoms. The van der Waals surface area contributed by atoms with Crippen molar-refractivity contribution in [2.24, 2.45) is 0 Å². The Hall–Kier alpha value is -1.70. The van der Waals surface area contributed by atoms with Crippen LogP contribution < -0.4 is 4.72 Å². The van der Waals surface area contributed by atoms with Crippen LogP contribution in [0.4, 0.5) is 0 Å². The van der Waals surface area contributed by atoms with Crippen LogP contribution in [0.25, 0.3) is 0 Å². The number of nitrogens with one attached hydrogen (secondary N) is 2. The molecule has 25 heavy (non-hydrogen) atoms. The number of hydrogen-bond acceptors (Lipinski definition) is 4. The third-order valence-corrected chi connectivity index (χ3v) is 6.22. The van der Waals surface area contributed by atoms with Gasteiger partial charge in [0.2, 0.25) is 0 Å². The molecule has 136 valence electrons. The number of rotatable bonds is 7. The first kappa shape index (κ1) is 18.1. The van der Waals surface area contributed by atoms with E-state index in [1.165, 1.54) is 17.3 Å². The van der Waals surface area contributed by atoms with Gasteiger partial charge in [0, 0.05) is 26.1 Å². The summed E-state index contributed by atoms with van der Waals surface area (Å²) in [4.78, 5) is 9.22. The topological polar surface area (TPSA) is 78.1 Å². The Bertz CT molecular complexity index is 816. The van der Waals surface area contributed by atoms with Crippen LogP contribution in [0, 0.1) is 6.92 Å². The van der Waals surface area contributed by atoms with E-state index < -0.39 is 10.0 Å². The van der Waals surface area contributed by atoms with E-state index in [1.54, 1.807) is 0 Å². The molecule has 3 rings (SSSR count). The van der Waals surface area contributed by atoms with Crippen molar-refractivity contribution in [3.8, 4) is 0 Å². The van der Waals surface area contributed by atoms with E-state index in [-0.39, 0.29) is 5.03 Å². The van der Waals surface area contributed by atoms with Gasteiger partial charge in [-0.15, -0.1) is 0 Å². The molecule has 0 saturated carbocycles. The second-order valence-corrected chi connectivity index (χ2v) is 8.32. The van der Waals surface area contributed by atoms with Gasteiger partial charge in [0.05, 0.1) is 6.20 Å². The molecule has 0 amide bonds. The number of aromatic nitrogens is 2. The summed E-state index contributed by atoms with van der Waals surface area (Å²) in [6.45, 7) is 7.20. The zero-order chi connectivity index (χ0) is 17.9. The molecule has 0 radical (unpaired) electrons. The zero-order valence-corrected chi connectivity index (χ0v) is 15.6. The molecule has 1 aliphatic heterocycles. The molecule has 1 aromatic carbocycles. The van der Waals surface area contributed by atoms with E-state index in [2.05, 4.69) is 50.8 Å². The molecule has 1 unspecified atom stereocenters. The smallest absolute Gasteiger partial charge is 0.257 e. The van der Waals surface area contributed by atoms with Gasteiger partial charge in [-0.2, -0.15) is 0 Å². The van der Waals surface area contributed by atoms with Crippen LogP contribution in [0.5, 0.6) is 0 Å². The monoisotopic (exact) mass is 362 g/mol. The van der Waals surface area contributed by atoms with Crippen molar-refractivity contribution in [1.29, 1.82) is 0 Å². The van der Waals surface area contributed by atoms with Crippen molar-refractivity contribution in [2.45, 2.75) is 37.6 Å². The molecular formula is C18H26N4O2S. The first-order valence-electron chi connectivity index (χ1n) is 8.81. The van der Waals surface area contributed by atoms with Crippen LogP contribution in [0.15, 0.2) is 35.5 Å². The molecule has 1 aliphatic rings. The molecule has 1 fully saturated rings. The molecule has 1 atom stereocenters. The average molecular weight is 362 g/mol. The lowest BCUT2D eigenvalue weighted by molar-refractivity contribution is 0.339. The van der Waals surface area contributed by atoms with Crippen LogP contribution in [-0.2, 0) is 16.4 Å². The fourth-order valence-corrected chi connectivity index (χ4v) is 4.37. The molecule has 6 nitrogen and oxygen atoms in total. The van der Waals surface area contributed by atoms with Crippen molar-refractivity contribution in [2.75, 3.05) is 26.2 Å². The lowest BCUT2D eigenvalue weighted by Gasteiger charge is -2.17. The minimum Gasteiger partial charge on any atom is -0.332 e. The Morgan fingerprint density at radius 3 is 2.88 bits per heavy atom. The maximum Gasteiger partial charge on any atom is 0.257 e. The molecule has 0 aliphatic carbocycles. The van der Waals surface area contributed by atoms with E-state index in [1.807, 2.05) is 6.92 Å². The second kappa shape index (κ2) is 7.68. The predicted octanol–water partition coefficient (Wildman–Crippen LogP) is 2.05. The summed E-state index contributed by atoms with van der Waals surface area (Å²) < 4.78 is 27.2. The van der Waals surface area contributed by atoms with Gasteiger partial charge in [0.15, 0.2) is 5.03 Å². The fourth-order valence-electron chi connectivity index (χ4n) is 3.41. The van der Waals surface area contributed by atoms with Gasteiger partial charge in [-0.25, -0.2) is 18.1 Å². The summed E-state index contributed by atoms with van der Waals surface area (Å²) in [6.07, 6.45) is 3.19. The van der Waals surface area contributed by atoms with Gasteiger partial charge in [0.1, 0.15) is 5.82 Å². The maximum absolute atomic E-state index is 12.3. The van der Waals surface area contributed by atoms with Gasteiger partial charge in [-0.05, 0) is 36.9 Å². The Kier molecular flexibility index (Phi) is 5.56. The number of imidazole rings is 1. The third-order valence-electron chi connectivity index (χ3n) is 4.85.